The number of hydrogen-bond acceptors (Lipinski definition) is 5. The number of aromatic nitrogens is 3. The second kappa shape index (κ2) is 5.81. The Morgan fingerprint density at radius 1 is 1.61 bits per heavy atom. The van der Waals surface area contributed by atoms with Gasteiger partial charge in [-0.2, -0.15) is 0 Å². The first-order chi connectivity index (χ1) is 8.63. The Kier molecular flexibility index (Phi) is 4.14. The number of nitrogens with zero attached hydrogens (tertiary/aromatic N) is 3. The maximum absolute atomic E-state index is 11.6. The van der Waals surface area contributed by atoms with Crippen molar-refractivity contribution in [2.24, 2.45) is 5.92 Å². The third-order valence-electron chi connectivity index (χ3n) is 3.20. The van der Waals surface area contributed by atoms with E-state index in [1.165, 1.54) is 11.0 Å². The van der Waals surface area contributed by atoms with E-state index in [0.29, 0.717) is 12.5 Å². The normalized spacial score (nSPS) is 23.8. The first-order valence-electron chi connectivity index (χ1n) is 6.23. The van der Waals surface area contributed by atoms with Gasteiger partial charge in [-0.15, -0.1) is 5.10 Å². The van der Waals surface area contributed by atoms with Crippen LogP contribution in [0.25, 0.3) is 0 Å². The first kappa shape index (κ1) is 12.8. The van der Waals surface area contributed by atoms with Crippen molar-refractivity contribution in [1.82, 2.24) is 20.1 Å². The summed E-state index contributed by atoms with van der Waals surface area (Å²) in [5.74, 6) is 0.427. The smallest absolute Gasteiger partial charge is 0.241 e. The maximum atomic E-state index is 11.6. The summed E-state index contributed by atoms with van der Waals surface area (Å²) < 4.78 is 1.40. The molecule has 4 N–H and O–H groups in total. The molecule has 7 heteroatoms. The molecule has 1 aliphatic carbocycles. The molecule has 1 heterocycles. The Bertz CT molecular complexity index is 406. The van der Waals surface area contributed by atoms with E-state index in [-0.39, 0.29) is 24.5 Å². The molecule has 1 aliphatic rings. The molecule has 0 saturated heterocycles. The molecule has 0 bridgehead atoms. The number of rotatable bonds is 4. The summed E-state index contributed by atoms with van der Waals surface area (Å²) in [7, 11) is 0. The van der Waals surface area contributed by atoms with Crippen LogP contribution in [-0.2, 0) is 11.3 Å². The molecule has 0 aliphatic heterocycles. The van der Waals surface area contributed by atoms with E-state index in [9.17, 15) is 9.90 Å². The largest absolute Gasteiger partial charge is 0.393 e. The van der Waals surface area contributed by atoms with Gasteiger partial charge in [0.1, 0.15) is 12.9 Å². The summed E-state index contributed by atoms with van der Waals surface area (Å²) in [4.78, 5) is 15.4. The van der Waals surface area contributed by atoms with Crippen LogP contribution in [-0.4, -0.2) is 38.4 Å². The number of aliphatic hydroxyl groups is 1. The predicted molar refractivity (Wildman–Crippen MR) is 65.4 cm³/mol. The molecular weight excluding hydrogens is 234 g/mol. The highest BCUT2D eigenvalue weighted by Gasteiger charge is 2.20. The van der Waals surface area contributed by atoms with Crippen LogP contribution in [0.5, 0.6) is 0 Å². The van der Waals surface area contributed by atoms with E-state index >= 15 is 0 Å². The second-order valence-electron chi connectivity index (χ2n) is 4.79. The highest BCUT2D eigenvalue weighted by molar-refractivity contribution is 5.75. The Labute approximate surface area is 105 Å². The molecule has 2 atom stereocenters. The SMILES string of the molecule is Nc1ncn(CC(=O)NCC2CCCC(O)C2)n1. The Hall–Kier alpha value is -1.63. The summed E-state index contributed by atoms with van der Waals surface area (Å²) >= 11 is 0. The number of hydrogen-bond donors (Lipinski definition) is 3. The average molecular weight is 253 g/mol. The monoisotopic (exact) mass is 253 g/mol. The van der Waals surface area contributed by atoms with E-state index in [0.717, 1.165) is 25.7 Å². The van der Waals surface area contributed by atoms with Crippen LogP contribution in [0.3, 0.4) is 0 Å². The number of anilines is 1. The topological polar surface area (TPSA) is 106 Å². The van der Waals surface area contributed by atoms with Gasteiger partial charge in [0.05, 0.1) is 6.10 Å². The molecule has 2 rings (SSSR count). The molecule has 0 spiro atoms. The number of nitrogen functional groups attached to an aromatic ring is 1. The van der Waals surface area contributed by atoms with Crippen molar-refractivity contribution in [2.75, 3.05) is 12.3 Å². The van der Waals surface area contributed by atoms with Crippen LogP contribution < -0.4 is 11.1 Å². The van der Waals surface area contributed by atoms with Crippen LogP contribution in [0.1, 0.15) is 25.7 Å². The van der Waals surface area contributed by atoms with E-state index < -0.39 is 0 Å². The zero-order valence-electron chi connectivity index (χ0n) is 10.2. The average Bonchev–Trinajstić information content (AvgIpc) is 2.72. The number of aliphatic hydroxyl groups excluding tert-OH is 1. The lowest BCUT2D eigenvalue weighted by Gasteiger charge is -2.25. The fourth-order valence-corrected chi connectivity index (χ4v) is 2.29. The third kappa shape index (κ3) is 3.69. The van der Waals surface area contributed by atoms with Crippen molar-refractivity contribution in [3.05, 3.63) is 6.33 Å². The quantitative estimate of drug-likeness (QED) is 0.672. The fourth-order valence-electron chi connectivity index (χ4n) is 2.29. The summed E-state index contributed by atoms with van der Waals surface area (Å²) in [6.45, 7) is 0.736. The standard InChI is InChI=1S/C11H19N5O2/c12-11-14-7-16(15-11)6-10(18)13-5-8-2-1-3-9(17)4-8/h7-9,17H,1-6H2,(H2,12,15)(H,13,18). The summed E-state index contributed by atoms with van der Waals surface area (Å²) in [5, 5.41) is 16.2. The minimum atomic E-state index is -0.212. The van der Waals surface area contributed by atoms with Gasteiger partial charge in [0.25, 0.3) is 0 Å². The van der Waals surface area contributed by atoms with Gasteiger partial charge < -0.3 is 16.2 Å². The van der Waals surface area contributed by atoms with Gasteiger partial charge in [-0.25, -0.2) is 9.67 Å². The van der Waals surface area contributed by atoms with Gasteiger partial charge in [0.2, 0.25) is 11.9 Å². The Morgan fingerprint density at radius 2 is 2.44 bits per heavy atom. The molecule has 18 heavy (non-hydrogen) atoms. The zero-order valence-corrected chi connectivity index (χ0v) is 10.2. The minimum Gasteiger partial charge on any atom is -0.393 e. The van der Waals surface area contributed by atoms with Crippen LogP contribution >= 0.6 is 0 Å². The van der Waals surface area contributed by atoms with Crippen LogP contribution in [0.15, 0.2) is 6.33 Å². The number of nitrogens with two attached hydrogens (primary N) is 1. The third-order valence-corrected chi connectivity index (χ3v) is 3.20. The lowest BCUT2D eigenvalue weighted by molar-refractivity contribution is -0.122. The van der Waals surface area contributed by atoms with Gasteiger partial charge >= 0.3 is 0 Å². The number of carbonyl (C=O) groups excluding carboxylic acids is 1. The van der Waals surface area contributed by atoms with E-state index in [2.05, 4.69) is 15.4 Å². The zero-order chi connectivity index (χ0) is 13.0. The van der Waals surface area contributed by atoms with Gasteiger partial charge in [0, 0.05) is 6.54 Å². The highest BCUT2D eigenvalue weighted by Crippen LogP contribution is 2.23. The molecule has 0 radical (unpaired) electrons. The second-order valence-corrected chi connectivity index (χ2v) is 4.79. The summed E-state index contributed by atoms with van der Waals surface area (Å²) in [5.41, 5.74) is 5.36. The van der Waals surface area contributed by atoms with Crippen molar-refractivity contribution in [3.8, 4) is 0 Å². The predicted octanol–water partition coefficient (Wildman–Crippen LogP) is -0.472. The van der Waals surface area contributed by atoms with Gasteiger partial charge in [0.15, 0.2) is 0 Å². The number of carbonyl (C=O) groups is 1. The molecular formula is C11H19N5O2. The van der Waals surface area contributed by atoms with E-state index in [1.54, 1.807) is 0 Å². The fraction of sp³-hybridized carbons (Fsp3) is 0.727. The van der Waals surface area contributed by atoms with Gasteiger partial charge in [-0.3, -0.25) is 4.79 Å². The number of nitrogens with one attached hydrogen (secondary N) is 1. The van der Waals surface area contributed by atoms with Crippen LogP contribution in [0.4, 0.5) is 5.95 Å². The molecule has 1 aromatic heterocycles. The van der Waals surface area contributed by atoms with Crippen molar-refractivity contribution >= 4 is 11.9 Å². The Balaban J connectivity index is 1.71. The van der Waals surface area contributed by atoms with Gasteiger partial charge in [-0.05, 0) is 25.2 Å². The molecule has 1 fully saturated rings. The summed E-state index contributed by atoms with van der Waals surface area (Å²) in [6, 6.07) is 0. The Morgan fingerprint density at radius 3 is 3.11 bits per heavy atom. The maximum Gasteiger partial charge on any atom is 0.241 e. The number of amides is 1. The highest BCUT2D eigenvalue weighted by atomic mass is 16.3. The molecule has 1 aromatic rings. The summed E-state index contributed by atoms with van der Waals surface area (Å²) in [6.07, 6.45) is 4.96. The van der Waals surface area contributed by atoms with Gasteiger partial charge in [-0.1, -0.05) is 6.42 Å². The van der Waals surface area contributed by atoms with E-state index in [4.69, 9.17) is 5.73 Å². The molecule has 100 valence electrons. The lowest BCUT2D eigenvalue weighted by Crippen LogP contribution is -2.34. The molecule has 1 amide bonds. The molecule has 7 nitrogen and oxygen atoms in total. The van der Waals surface area contributed by atoms with Crippen molar-refractivity contribution in [3.63, 3.8) is 0 Å². The molecule has 2 unspecified atom stereocenters. The van der Waals surface area contributed by atoms with Crippen LogP contribution in [0.2, 0.25) is 0 Å². The van der Waals surface area contributed by atoms with E-state index in [1.807, 2.05) is 0 Å². The molecule has 0 aromatic carbocycles. The van der Waals surface area contributed by atoms with Crippen LogP contribution in [0, 0.1) is 5.92 Å². The van der Waals surface area contributed by atoms with Crippen molar-refractivity contribution in [1.29, 1.82) is 0 Å². The lowest BCUT2D eigenvalue weighted by atomic mass is 9.87. The first-order valence-corrected chi connectivity index (χ1v) is 6.23. The molecule has 1 saturated carbocycles. The minimum absolute atomic E-state index is 0.111. The van der Waals surface area contributed by atoms with Crippen molar-refractivity contribution < 1.29 is 9.90 Å². The van der Waals surface area contributed by atoms with Crippen molar-refractivity contribution in [2.45, 2.75) is 38.3 Å².